The van der Waals surface area contributed by atoms with E-state index >= 15 is 0 Å². The number of unbranched alkanes of at least 4 members (excludes halogenated alkanes) is 3. The Kier molecular flexibility index (Phi) is 12.6. The van der Waals surface area contributed by atoms with Gasteiger partial charge in [0.1, 0.15) is 30.2 Å². The van der Waals surface area contributed by atoms with Crippen LogP contribution in [0.1, 0.15) is 65.5 Å². The number of hydrogen-bond donors (Lipinski definition) is 5. The molecule has 1 aliphatic rings. The van der Waals surface area contributed by atoms with E-state index in [-0.39, 0.29) is 11.5 Å². The monoisotopic (exact) mass is 532 g/mol. The van der Waals surface area contributed by atoms with E-state index in [0.29, 0.717) is 5.52 Å². The van der Waals surface area contributed by atoms with E-state index in [1.807, 2.05) is 0 Å². The highest BCUT2D eigenvalue weighted by molar-refractivity contribution is 7.46. The first-order valence-corrected chi connectivity index (χ1v) is 14.0. The molecule has 6 N–H and O–H groups in total. The van der Waals surface area contributed by atoms with Crippen molar-refractivity contribution in [2.45, 2.75) is 83.8 Å². The molecule has 3 heterocycles. The molecule has 1 saturated heterocycles. The lowest BCUT2D eigenvalue weighted by Crippen LogP contribution is -2.33. The largest absolute Gasteiger partial charge is 0.469 e. The number of nitrogens with two attached hydrogens (primary N) is 1. The summed E-state index contributed by atoms with van der Waals surface area (Å²) in [4.78, 5) is 31.8. The summed E-state index contributed by atoms with van der Waals surface area (Å²) in [7, 11) is -4.72. The van der Waals surface area contributed by atoms with Gasteiger partial charge in [0.2, 0.25) is 0 Å². The summed E-state index contributed by atoms with van der Waals surface area (Å²) in [5, 5.41) is 20.1. The lowest BCUT2D eigenvalue weighted by atomic mass is 10.1. The molecule has 0 spiro atoms. The third-order valence-electron chi connectivity index (χ3n) is 5.89. The molecule has 206 valence electrons. The Labute approximate surface area is 211 Å². The topological polar surface area (TPSA) is 189 Å². The number of hydrogen-bond acceptors (Lipinski definition) is 10. The second-order valence-electron chi connectivity index (χ2n) is 8.82. The van der Waals surface area contributed by atoms with Crippen molar-refractivity contribution < 1.29 is 33.8 Å². The number of ether oxygens (including phenoxy) is 1. The molecule has 0 radical (unpaired) electrons. The number of fused-ring (bicyclic) bond motifs is 1. The maximum Gasteiger partial charge on any atom is 0.469 e. The number of imidazole rings is 1. The molecular weight excluding hydrogens is 491 g/mol. The summed E-state index contributed by atoms with van der Waals surface area (Å²) in [5.41, 5.74) is 6.25. The van der Waals surface area contributed by atoms with Gasteiger partial charge in [-0.05, 0) is 38.9 Å². The summed E-state index contributed by atoms with van der Waals surface area (Å²) in [6.07, 6.45) is 5.60. The molecular formula is C22H41N6O7P. The van der Waals surface area contributed by atoms with E-state index in [1.54, 1.807) is 0 Å². The summed E-state index contributed by atoms with van der Waals surface area (Å²) < 4.78 is 21.8. The van der Waals surface area contributed by atoms with Gasteiger partial charge in [0.05, 0.1) is 12.9 Å². The predicted octanol–water partition coefficient (Wildman–Crippen LogP) is 1.83. The van der Waals surface area contributed by atoms with E-state index in [0.717, 1.165) is 0 Å². The van der Waals surface area contributed by atoms with Gasteiger partial charge in [-0.15, -0.1) is 0 Å². The molecule has 0 bridgehead atoms. The molecule has 1 aliphatic heterocycles. The molecule has 0 saturated carbocycles. The summed E-state index contributed by atoms with van der Waals surface area (Å²) in [6, 6.07) is 0. The number of nitrogens with zero attached hydrogens (tertiary/aromatic N) is 5. The number of aromatic nitrogens is 4. The SMILES string of the molecule is CCCCN(CCCC)CCCC.Nc1ncnc2c1ncn2C1OC(COP(=O)(O)O)C(O)C1O. The zero-order valence-corrected chi connectivity index (χ0v) is 22.2. The number of aliphatic hydroxyl groups is 2. The lowest BCUT2D eigenvalue weighted by Gasteiger charge is -2.21. The molecule has 2 aromatic heterocycles. The van der Waals surface area contributed by atoms with Crippen LogP contribution in [-0.2, 0) is 13.8 Å². The maximum absolute atomic E-state index is 10.7. The minimum absolute atomic E-state index is 0.142. The van der Waals surface area contributed by atoms with Crippen molar-refractivity contribution in [2.75, 3.05) is 32.0 Å². The molecule has 4 atom stereocenters. The van der Waals surface area contributed by atoms with Gasteiger partial charge in [-0.1, -0.05) is 40.0 Å². The molecule has 0 aliphatic carbocycles. The number of phosphoric ester groups is 1. The fourth-order valence-electron chi connectivity index (χ4n) is 3.80. The highest BCUT2D eigenvalue weighted by atomic mass is 31.2. The Morgan fingerprint density at radius 1 is 1.03 bits per heavy atom. The molecule has 13 nitrogen and oxygen atoms in total. The Hall–Kier alpha value is -1.70. The molecule has 4 unspecified atom stereocenters. The first-order chi connectivity index (χ1) is 17.1. The van der Waals surface area contributed by atoms with Crippen molar-refractivity contribution in [1.29, 1.82) is 0 Å². The van der Waals surface area contributed by atoms with Crippen LogP contribution in [0.3, 0.4) is 0 Å². The van der Waals surface area contributed by atoms with Gasteiger partial charge in [0.15, 0.2) is 17.7 Å². The van der Waals surface area contributed by atoms with Gasteiger partial charge in [0.25, 0.3) is 0 Å². The zero-order valence-electron chi connectivity index (χ0n) is 21.3. The molecule has 0 amide bonds. The molecule has 0 aromatic carbocycles. The van der Waals surface area contributed by atoms with Crippen molar-refractivity contribution >= 4 is 24.8 Å². The van der Waals surface area contributed by atoms with Gasteiger partial charge in [-0.25, -0.2) is 19.5 Å². The molecule has 36 heavy (non-hydrogen) atoms. The van der Waals surface area contributed by atoms with Crippen LogP contribution in [0.5, 0.6) is 0 Å². The lowest BCUT2D eigenvalue weighted by molar-refractivity contribution is -0.0504. The average molecular weight is 533 g/mol. The molecule has 1 fully saturated rings. The van der Waals surface area contributed by atoms with Crippen molar-refractivity contribution in [2.24, 2.45) is 0 Å². The smallest absolute Gasteiger partial charge is 0.387 e. The van der Waals surface area contributed by atoms with E-state index in [9.17, 15) is 14.8 Å². The standard InChI is InChI=1S/C12H27N.C10H14N5O7P/c1-4-7-10-13(11-8-5-2)12-9-6-3;11-8-5-9(13-2-12-8)15(3-14-5)10-7(17)6(16)4(22-10)1-21-23(18,19)20/h4-12H2,1-3H3;2-4,6-7,10,16-17H,1H2,(H2,11,12,13)(H2,18,19,20). The van der Waals surface area contributed by atoms with Gasteiger partial charge < -0.3 is 35.4 Å². The van der Waals surface area contributed by atoms with E-state index in [4.69, 9.17) is 20.3 Å². The van der Waals surface area contributed by atoms with Crippen LogP contribution in [0.2, 0.25) is 0 Å². The Balaban J connectivity index is 0.000000302. The normalized spacial score (nSPS) is 22.2. The Morgan fingerprint density at radius 3 is 2.14 bits per heavy atom. The fraction of sp³-hybridized carbons (Fsp3) is 0.773. The van der Waals surface area contributed by atoms with Crippen molar-refractivity contribution in [3.8, 4) is 0 Å². The van der Waals surface area contributed by atoms with E-state index in [2.05, 4.69) is 45.1 Å². The highest BCUT2D eigenvalue weighted by Crippen LogP contribution is 2.38. The number of rotatable bonds is 13. The fourth-order valence-corrected chi connectivity index (χ4v) is 4.15. The average Bonchev–Trinajstić information content (AvgIpc) is 3.39. The summed E-state index contributed by atoms with van der Waals surface area (Å²) in [5.74, 6) is 0.142. The first-order valence-electron chi connectivity index (χ1n) is 12.5. The van der Waals surface area contributed by atoms with Crippen LogP contribution in [0.25, 0.3) is 11.2 Å². The van der Waals surface area contributed by atoms with Crippen LogP contribution in [-0.4, -0.2) is 89.0 Å². The molecule has 14 heteroatoms. The number of anilines is 1. The number of aliphatic hydroxyl groups excluding tert-OH is 2. The predicted molar refractivity (Wildman–Crippen MR) is 135 cm³/mol. The minimum atomic E-state index is -4.72. The first kappa shape index (κ1) is 30.5. The van der Waals surface area contributed by atoms with E-state index in [1.165, 1.54) is 75.4 Å². The van der Waals surface area contributed by atoms with Gasteiger partial charge >= 0.3 is 7.82 Å². The third-order valence-corrected chi connectivity index (χ3v) is 6.37. The maximum atomic E-state index is 10.7. The highest BCUT2D eigenvalue weighted by Gasteiger charge is 2.45. The third kappa shape index (κ3) is 9.00. The van der Waals surface area contributed by atoms with Crippen molar-refractivity contribution in [1.82, 2.24) is 24.4 Å². The van der Waals surface area contributed by atoms with Gasteiger partial charge in [0, 0.05) is 0 Å². The van der Waals surface area contributed by atoms with Crippen molar-refractivity contribution in [3.05, 3.63) is 12.7 Å². The molecule has 3 rings (SSSR count). The number of phosphoric acid groups is 1. The Morgan fingerprint density at radius 2 is 1.61 bits per heavy atom. The minimum Gasteiger partial charge on any atom is -0.387 e. The Bertz CT molecular complexity index is 939. The van der Waals surface area contributed by atoms with Crippen LogP contribution >= 0.6 is 7.82 Å². The second kappa shape index (κ2) is 14.9. The molecule has 2 aromatic rings. The van der Waals surface area contributed by atoms with Crippen LogP contribution in [0.15, 0.2) is 12.7 Å². The quantitative estimate of drug-likeness (QED) is 0.236. The second-order valence-corrected chi connectivity index (χ2v) is 10.1. The van der Waals surface area contributed by atoms with E-state index < -0.39 is 39.0 Å². The zero-order chi connectivity index (χ0) is 26.7. The summed E-state index contributed by atoms with van der Waals surface area (Å²) in [6.45, 7) is 10.2. The van der Waals surface area contributed by atoms with Gasteiger partial charge in [-0.2, -0.15) is 0 Å². The van der Waals surface area contributed by atoms with Gasteiger partial charge in [-0.3, -0.25) is 9.09 Å². The van der Waals surface area contributed by atoms with Crippen LogP contribution in [0.4, 0.5) is 5.82 Å². The summed E-state index contributed by atoms with van der Waals surface area (Å²) >= 11 is 0. The van der Waals surface area contributed by atoms with Crippen LogP contribution in [0, 0.1) is 0 Å². The number of nitrogen functional groups attached to an aromatic ring is 1. The van der Waals surface area contributed by atoms with Crippen LogP contribution < -0.4 is 5.73 Å². The van der Waals surface area contributed by atoms with Crippen molar-refractivity contribution in [3.63, 3.8) is 0 Å².